The SMILES string of the molecule is CC(C)CC(NC(=O)CSc1n[nH]c(-c2cccs2)n1)c1ccccc1. The van der Waals surface area contributed by atoms with Gasteiger partial charge in [-0.2, -0.15) is 0 Å². The van der Waals surface area contributed by atoms with Crippen LogP contribution in [0, 0.1) is 5.92 Å². The van der Waals surface area contributed by atoms with Gasteiger partial charge in [0.1, 0.15) is 0 Å². The minimum Gasteiger partial charge on any atom is -0.349 e. The van der Waals surface area contributed by atoms with Crippen LogP contribution in [0.25, 0.3) is 10.7 Å². The van der Waals surface area contributed by atoms with Gasteiger partial charge in [-0.05, 0) is 29.3 Å². The summed E-state index contributed by atoms with van der Waals surface area (Å²) in [5, 5.41) is 12.8. The highest BCUT2D eigenvalue weighted by Crippen LogP contribution is 2.24. The molecule has 0 fully saturated rings. The monoisotopic (exact) mass is 386 g/mol. The van der Waals surface area contributed by atoms with Crippen LogP contribution in [0.3, 0.4) is 0 Å². The predicted octanol–water partition coefficient (Wildman–Crippen LogP) is 4.53. The summed E-state index contributed by atoms with van der Waals surface area (Å²) in [6.07, 6.45) is 0.906. The van der Waals surface area contributed by atoms with Gasteiger partial charge in [0.05, 0.1) is 16.7 Å². The molecule has 3 aromatic rings. The average Bonchev–Trinajstić information content (AvgIpc) is 3.31. The van der Waals surface area contributed by atoms with Crippen LogP contribution in [0.5, 0.6) is 0 Å². The van der Waals surface area contributed by atoms with Crippen LogP contribution >= 0.6 is 23.1 Å². The number of thiophene rings is 1. The molecule has 0 spiro atoms. The van der Waals surface area contributed by atoms with Gasteiger partial charge in [0.15, 0.2) is 5.82 Å². The summed E-state index contributed by atoms with van der Waals surface area (Å²) in [5.41, 5.74) is 1.14. The third kappa shape index (κ3) is 5.19. The molecule has 1 unspecified atom stereocenters. The number of nitrogens with zero attached hydrogens (tertiary/aromatic N) is 2. The van der Waals surface area contributed by atoms with Crippen molar-refractivity contribution in [1.82, 2.24) is 20.5 Å². The Hall–Kier alpha value is -2.12. The van der Waals surface area contributed by atoms with Gasteiger partial charge in [-0.25, -0.2) is 4.98 Å². The van der Waals surface area contributed by atoms with Gasteiger partial charge in [0, 0.05) is 0 Å². The second-order valence-corrected chi connectivity index (χ2v) is 8.28. The summed E-state index contributed by atoms with van der Waals surface area (Å²) in [5.74, 6) is 1.52. The van der Waals surface area contributed by atoms with Crippen LogP contribution in [-0.4, -0.2) is 26.8 Å². The Balaban J connectivity index is 1.57. The summed E-state index contributed by atoms with van der Waals surface area (Å²) in [6.45, 7) is 4.33. The molecule has 1 aromatic carbocycles. The standard InChI is InChI=1S/C19H22N4OS2/c1-13(2)11-15(14-7-4-3-5-8-14)20-17(24)12-26-19-21-18(22-23-19)16-9-6-10-25-16/h3-10,13,15H,11-12H2,1-2H3,(H,20,24)(H,21,22,23). The van der Waals surface area contributed by atoms with E-state index < -0.39 is 0 Å². The molecule has 5 nitrogen and oxygen atoms in total. The summed E-state index contributed by atoms with van der Waals surface area (Å²) in [6, 6.07) is 14.1. The zero-order valence-electron chi connectivity index (χ0n) is 14.8. The molecule has 136 valence electrons. The summed E-state index contributed by atoms with van der Waals surface area (Å²) < 4.78 is 0. The molecule has 0 radical (unpaired) electrons. The van der Waals surface area contributed by atoms with Gasteiger partial charge in [-0.1, -0.05) is 62.0 Å². The van der Waals surface area contributed by atoms with Crippen molar-refractivity contribution in [3.05, 3.63) is 53.4 Å². The number of carbonyl (C=O) groups is 1. The first-order valence-electron chi connectivity index (χ1n) is 8.55. The predicted molar refractivity (Wildman–Crippen MR) is 107 cm³/mol. The molecular weight excluding hydrogens is 364 g/mol. The minimum absolute atomic E-state index is 0.00743. The number of benzene rings is 1. The molecule has 2 heterocycles. The van der Waals surface area contributed by atoms with Crippen molar-refractivity contribution in [2.45, 2.75) is 31.5 Å². The molecule has 7 heteroatoms. The van der Waals surface area contributed by atoms with E-state index in [9.17, 15) is 4.79 Å². The third-order valence-corrected chi connectivity index (χ3v) is 5.52. The fourth-order valence-electron chi connectivity index (χ4n) is 2.64. The minimum atomic E-state index is -0.00743. The van der Waals surface area contributed by atoms with E-state index in [2.05, 4.69) is 46.5 Å². The van der Waals surface area contributed by atoms with E-state index in [1.54, 1.807) is 11.3 Å². The highest BCUT2D eigenvalue weighted by atomic mass is 32.2. The number of thioether (sulfide) groups is 1. The maximum absolute atomic E-state index is 12.4. The number of aromatic nitrogens is 3. The zero-order chi connectivity index (χ0) is 18.4. The van der Waals surface area contributed by atoms with E-state index in [4.69, 9.17) is 0 Å². The van der Waals surface area contributed by atoms with Gasteiger partial charge in [-0.3, -0.25) is 9.89 Å². The van der Waals surface area contributed by atoms with E-state index in [1.165, 1.54) is 11.8 Å². The lowest BCUT2D eigenvalue weighted by Gasteiger charge is -2.21. The molecule has 0 saturated carbocycles. The Labute approximate surface area is 161 Å². The van der Waals surface area contributed by atoms with Crippen molar-refractivity contribution < 1.29 is 4.79 Å². The fraction of sp³-hybridized carbons (Fsp3) is 0.316. The van der Waals surface area contributed by atoms with Crippen molar-refractivity contribution in [1.29, 1.82) is 0 Å². The molecule has 2 N–H and O–H groups in total. The number of nitrogens with one attached hydrogen (secondary N) is 2. The lowest BCUT2D eigenvalue weighted by molar-refractivity contribution is -0.119. The Morgan fingerprint density at radius 2 is 2.04 bits per heavy atom. The van der Waals surface area contributed by atoms with Gasteiger partial charge >= 0.3 is 0 Å². The van der Waals surface area contributed by atoms with Gasteiger partial charge in [0.2, 0.25) is 11.1 Å². The zero-order valence-corrected chi connectivity index (χ0v) is 16.4. The van der Waals surface area contributed by atoms with E-state index in [-0.39, 0.29) is 11.9 Å². The average molecular weight is 387 g/mol. The van der Waals surface area contributed by atoms with Crippen molar-refractivity contribution in [2.24, 2.45) is 5.92 Å². The van der Waals surface area contributed by atoms with Crippen LogP contribution in [0.1, 0.15) is 31.9 Å². The number of aromatic amines is 1. The van der Waals surface area contributed by atoms with Crippen LogP contribution in [-0.2, 0) is 4.79 Å². The van der Waals surface area contributed by atoms with Crippen molar-refractivity contribution in [2.75, 3.05) is 5.75 Å². The highest BCUT2D eigenvalue weighted by Gasteiger charge is 2.17. The van der Waals surface area contributed by atoms with E-state index in [0.717, 1.165) is 22.7 Å². The van der Waals surface area contributed by atoms with E-state index >= 15 is 0 Å². The number of H-pyrrole nitrogens is 1. The maximum atomic E-state index is 12.4. The molecule has 0 bridgehead atoms. The molecule has 3 rings (SSSR count). The molecule has 0 saturated heterocycles. The largest absolute Gasteiger partial charge is 0.349 e. The van der Waals surface area contributed by atoms with Crippen molar-refractivity contribution in [3.8, 4) is 10.7 Å². The van der Waals surface area contributed by atoms with Gasteiger partial charge in [0.25, 0.3) is 0 Å². The Kier molecular flexibility index (Phi) is 6.46. The van der Waals surface area contributed by atoms with E-state index in [0.29, 0.717) is 16.8 Å². The lowest BCUT2D eigenvalue weighted by atomic mass is 9.97. The number of amides is 1. The second kappa shape index (κ2) is 9.00. The normalized spacial score (nSPS) is 12.3. The summed E-state index contributed by atoms with van der Waals surface area (Å²) >= 11 is 2.94. The second-order valence-electron chi connectivity index (χ2n) is 6.39. The maximum Gasteiger partial charge on any atom is 0.230 e. The Morgan fingerprint density at radius 1 is 1.23 bits per heavy atom. The first-order valence-corrected chi connectivity index (χ1v) is 10.4. The molecular formula is C19H22N4OS2. The number of hydrogen-bond donors (Lipinski definition) is 2. The third-order valence-electron chi connectivity index (χ3n) is 3.80. The fourth-order valence-corrected chi connectivity index (χ4v) is 3.91. The van der Waals surface area contributed by atoms with Gasteiger partial charge in [-0.15, -0.1) is 16.4 Å². The smallest absolute Gasteiger partial charge is 0.230 e. The number of rotatable bonds is 8. The van der Waals surface area contributed by atoms with Gasteiger partial charge < -0.3 is 5.32 Å². The molecule has 1 amide bonds. The molecule has 26 heavy (non-hydrogen) atoms. The first-order chi connectivity index (χ1) is 12.6. The lowest BCUT2D eigenvalue weighted by Crippen LogP contribution is -2.30. The summed E-state index contributed by atoms with van der Waals surface area (Å²) in [7, 11) is 0. The number of hydrogen-bond acceptors (Lipinski definition) is 5. The van der Waals surface area contributed by atoms with E-state index in [1.807, 2.05) is 35.7 Å². The molecule has 2 aromatic heterocycles. The Bertz CT molecular complexity index is 815. The Morgan fingerprint density at radius 3 is 2.73 bits per heavy atom. The van der Waals surface area contributed by atoms with Crippen LogP contribution < -0.4 is 5.32 Å². The molecule has 0 aliphatic rings. The first kappa shape index (κ1) is 18.7. The number of carbonyl (C=O) groups excluding carboxylic acids is 1. The molecule has 0 aliphatic carbocycles. The van der Waals surface area contributed by atoms with Crippen molar-refractivity contribution >= 4 is 29.0 Å². The quantitative estimate of drug-likeness (QED) is 0.558. The van der Waals surface area contributed by atoms with Crippen LogP contribution in [0.2, 0.25) is 0 Å². The summed E-state index contributed by atoms with van der Waals surface area (Å²) in [4.78, 5) is 17.9. The molecule has 1 atom stereocenters. The van der Waals surface area contributed by atoms with Crippen molar-refractivity contribution in [3.63, 3.8) is 0 Å². The van der Waals surface area contributed by atoms with Crippen LogP contribution in [0.4, 0.5) is 0 Å². The highest BCUT2D eigenvalue weighted by molar-refractivity contribution is 7.99. The van der Waals surface area contributed by atoms with Crippen LogP contribution in [0.15, 0.2) is 53.0 Å². The molecule has 0 aliphatic heterocycles. The topological polar surface area (TPSA) is 70.7 Å².